The Bertz CT molecular complexity index is 822. The van der Waals surface area contributed by atoms with Crippen LogP contribution >= 0.6 is 0 Å². The van der Waals surface area contributed by atoms with Crippen molar-refractivity contribution in [2.45, 2.75) is 19.5 Å². The van der Waals surface area contributed by atoms with Crippen LogP contribution in [0.3, 0.4) is 0 Å². The fraction of sp³-hybridized carbons (Fsp3) is 0.235. The van der Waals surface area contributed by atoms with Gasteiger partial charge in [-0.15, -0.1) is 0 Å². The molecule has 0 bridgehead atoms. The molecule has 6 nitrogen and oxygen atoms in total. The van der Waals surface area contributed by atoms with E-state index in [1.165, 1.54) is 0 Å². The maximum Gasteiger partial charge on any atom is 0.416 e. The Labute approximate surface area is 147 Å². The van der Waals surface area contributed by atoms with Gasteiger partial charge < -0.3 is 10.6 Å². The van der Waals surface area contributed by atoms with Crippen molar-refractivity contribution >= 4 is 23.0 Å². The van der Waals surface area contributed by atoms with Gasteiger partial charge in [-0.1, -0.05) is 18.2 Å². The maximum atomic E-state index is 12.7. The van der Waals surface area contributed by atoms with Crippen molar-refractivity contribution in [3.05, 3.63) is 63.7 Å². The van der Waals surface area contributed by atoms with Crippen LogP contribution < -0.4 is 10.6 Å². The molecule has 2 rings (SSSR count). The van der Waals surface area contributed by atoms with Crippen molar-refractivity contribution in [2.24, 2.45) is 0 Å². The maximum absolute atomic E-state index is 12.7. The minimum Gasteiger partial charge on any atom is -0.379 e. The van der Waals surface area contributed by atoms with E-state index in [0.717, 1.165) is 17.7 Å². The molecule has 2 aromatic rings. The molecule has 0 saturated carbocycles. The summed E-state index contributed by atoms with van der Waals surface area (Å²) in [6, 6.07) is 9.38. The molecule has 0 saturated heterocycles. The Morgan fingerprint density at radius 1 is 1.15 bits per heavy atom. The number of halogens is 3. The van der Waals surface area contributed by atoms with Crippen molar-refractivity contribution in [3.63, 3.8) is 0 Å². The summed E-state index contributed by atoms with van der Waals surface area (Å²) in [4.78, 5) is 22.0. The van der Waals surface area contributed by atoms with Gasteiger partial charge in [0, 0.05) is 24.7 Å². The Kier molecular flexibility index (Phi) is 5.81. The van der Waals surface area contributed by atoms with Crippen molar-refractivity contribution in [1.29, 1.82) is 0 Å². The first kappa shape index (κ1) is 19.2. The van der Waals surface area contributed by atoms with Crippen LogP contribution in [0.4, 0.5) is 30.2 Å². The van der Waals surface area contributed by atoms with Crippen LogP contribution in [0, 0.1) is 17.0 Å². The van der Waals surface area contributed by atoms with E-state index in [1.807, 2.05) is 19.1 Å². The van der Waals surface area contributed by atoms with E-state index in [2.05, 4.69) is 10.6 Å². The Morgan fingerprint density at radius 3 is 2.46 bits per heavy atom. The Hall–Kier alpha value is -3.10. The number of anilines is 2. The molecule has 9 heteroatoms. The molecule has 26 heavy (non-hydrogen) atoms. The number of benzene rings is 2. The zero-order valence-corrected chi connectivity index (χ0v) is 13.8. The smallest absolute Gasteiger partial charge is 0.379 e. The summed E-state index contributed by atoms with van der Waals surface area (Å²) in [5.41, 5.74) is -0.344. The normalized spacial score (nSPS) is 11.1. The largest absolute Gasteiger partial charge is 0.416 e. The standard InChI is InChI=1S/C17H16F3N3O3/c1-11-4-2-3-5-13(11)22-16(24)8-9-21-14-7-6-12(17(18,19)20)10-15(14)23(25)26/h2-7,10,21H,8-9H2,1H3,(H,22,24). The first-order valence-electron chi connectivity index (χ1n) is 7.63. The molecule has 2 aromatic carbocycles. The molecule has 0 aliphatic rings. The second-order valence-corrected chi connectivity index (χ2v) is 5.53. The van der Waals surface area contributed by atoms with Gasteiger partial charge in [-0.3, -0.25) is 14.9 Å². The van der Waals surface area contributed by atoms with E-state index in [9.17, 15) is 28.1 Å². The molecule has 0 spiro atoms. The number of nitro groups is 1. The quantitative estimate of drug-likeness (QED) is 0.587. The highest BCUT2D eigenvalue weighted by Crippen LogP contribution is 2.34. The average molecular weight is 367 g/mol. The Morgan fingerprint density at radius 2 is 1.85 bits per heavy atom. The van der Waals surface area contributed by atoms with Crippen molar-refractivity contribution in [3.8, 4) is 0 Å². The molecule has 1 amide bonds. The summed E-state index contributed by atoms with van der Waals surface area (Å²) in [7, 11) is 0. The van der Waals surface area contributed by atoms with Crippen LogP contribution in [0.25, 0.3) is 0 Å². The van der Waals surface area contributed by atoms with Crippen molar-refractivity contribution in [1.82, 2.24) is 0 Å². The second-order valence-electron chi connectivity index (χ2n) is 5.53. The van der Waals surface area contributed by atoms with E-state index in [0.29, 0.717) is 11.8 Å². The third-order valence-electron chi connectivity index (χ3n) is 3.61. The summed E-state index contributed by atoms with van der Waals surface area (Å²) >= 11 is 0. The van der Waals surface area contributed by atoms with E-state index < -0.39 is 22.4 Å². The number of hydrogen-bond donors (Lipinski definition) is 2. The third kappa shape index (κ3) is 4.95. The number of para-hydroxylation sites is 1. The molecule has 0 atom stereocenters. The predicted molar refractivity (Wildman–Crippen MR) is 91.0 cm³/mol. The zero-order chi connectivity index (χ0) is 19.3. The molecule has 0 fully saturated rings. The van der Waals surface area contributed by atoms with Gasteiger partial charge in [-0.2, -0.15) is 13.2 Å². The molecule has 0 heterocycles. The first-order chi connectivity index (χ1) is 12.2. The zero-order valence-electron chi connectivity index (χ0n) is 13.8. The number of carbonyl (C=O) groups is 1. The monoisotopic (exact) mass is 367 g/mol. The predicted octanol–water partition coefficient (Wildman–Crippen LogP) is 4.36. The van der Waals surface area contributed by atoms with Gasteiger partial charge in [0.1, 0.15) is 5.69 Å². The average Bonchev–Trinajstić information content (AvgIpc) is 2.56. The van der Waals surface area contributed by atoms with Crippen molar-refractivity contribution in [2.75, 3.05) is 17.2 Å². The minimum atomic E-state index is -4.67. The van der Waals surface area contributed by atoms with E-state index in [-0.39, 0.29) is 24.6 Å². The van der Waals surface area contributed by atoms with Gasteiger partial charge in [0.15, 0.2) is 0 Å². The lowest BCUT2D eigenvalue weighted by atomic mass is 10.1. The molecule has 0 aromatic heterocycles. The number of hydrogen-bond acceptors (Lipinski definition) is 4. The van der Waals surface area contributed by atoms with E-state index >= 15 is 0 Å². The number of nitrogens with zero attached hydrogens (tertiary/aromatic N) is 1. The summed E-state index contributed by atoms with van der Waals surface area (Å²) < 4.78 is 38.0. The highest BCUT2D eigenvalue weighted by molar-refractivity contribution is 5.91. The highest BCUT2D eigenvalue weighted by atomic mass is 19.4. The molecule has 0 aliphatic heterocycles. The van der Waals surface area contributed by atoms with Crippen LogP contribution in [0.1, 0.15) is 17.5 Å². The van der Waals surface area contributed by atoms with Crippen LogP contribution in [-0.2, 0) is 11.0 Å². The van der Waals surface area contributed by atoms with Gasteiger partial charge >= 0.3 is 6.18 Å². The number of nitro benzene ring substituents is 1. The third-order valence-corrected chi connectivity index (χ3v) is 3.61. The molecule has 0 radical (unpaired) electrons. The van der Waals surface area contributed by atoms with Crippen LogP contribution in [0.5, 0.6) is 0 Å². The number of alkyl halides is 3. The Balaban J connectivity index is 2.00. The lowest BCUT2D eigenvalue weighted by Gasteiger charge is -2.11. The van der Waals surface area contributed by atoms with Gasteiger partial charge in [0.2, 0.25) is 5.91 Å². The fourth-order valence-electron chi connectivity index (χ4n) is 2.25. The van der Waals surface area contributed by atoms with E-state index in [4.69, 9.17) is 0 Å². The van der Waals surface area contributed by atoms with Gasteiger partial charge in [0.05, 0.1) is 10.5 Å². The summed E-state index contributed by atoms with van der Waals surface area (Å²) in [6.07, 6.45) is -4.68. The first-order valence-corrected chi connectivity index (χ1v) is 7.63. The molecule has 2 N–H and O–H groups in total. The fourth-order valence-corrected chi connectivity index (χ4v) is 2.25. The summed E-state index contributed by atoms with van der Waals surface area (Å²) in [5, 5.41) is 16.3. The SMILES string of the molecule is Cc1ccccc1NC(=O)CCNc1ccc(C(F)(F)F)cc1[N+](=O)[O-]. The lowest BCUT2D eigenvalue weighted by molar-refractivity contribution is -0.384. The molecule has 0 aliphatic carbocycles. The van der Waals surface area contributed by atoms with Gasteiger partial charge in [0.25, 0.3) is 5.69 Å². The minimum absolute atomic E-state index is 0.00743. The van der Waals surface area contributed by atoms with Crippen LogP contribution in [0.2, 0.25) is 0 Å². The highest BCUT2D eigenvalue weighted by Gasteiger charge is 2.33. The number of carbonyl (C=O) groups excluding carboxylic acids is 1. The number of rotatable bonds is 6. The number of nitrogens with one attached hydrogen (secondary N) is 2. The van der Waals surface area contributed by atoms with Gasteiger partial charge in [-0.05, 0) is 30.7 Å². The second kappa shape index (κ2) is 7.85. The number of aryl methyl sites for hydroxylation is 1. The summed E-state index contributed by atoms with van der Waals surface area (Å²) in [5.74, 6) is -0.318. The topological polar surface area (TPSA) is 84.3 Å². The lowest BCUT2D eigenvalue weighted by Crippen LogP contribution is -2.17. The molecular formula is C17H16F3N3O3. The summed E-state index contributed by atoms with van der Waals surface area (Å²) in [6.45, 7) is 1.86. The van der Waals surface area contributed by atoms with Crippen LogP contribution in [-0.4, -0.2) is 17.4 Å². The molecular weight excluding hydrogens is 351 g/mol. The molecule has 0 unspecified atom stereocenters. The van der Waals surface area contributed by atoms with Crippen LogP contribution in [0.15, 0.2) is 42.5 Å². The molecule has 138 valence electrons. The number of amides is 1. The van der Waals surface area contributed by atoms with E-state index in [1.54, 1.807) is 12.1 Å². The van der Waals surface area contributed by atoms with Gasteiger partial charge in [-0.25, -0.2) is 0 Å². The van der Waals surface area contributed by atoms with Crippen molar-refractivity contribution < 1.29 is 22.9 Å².